The molecule has 0 aromatic carbocycles. The molecule has 22 heavy (non-hydrogen) atoms. The zero-order valence-electron chi connectivity index (χ0n) is 12.9. The van der Waals surface area contributed by atoms with Crippen molar-refractivity contribution in [3.05, 3.63) is 21.0 Å². The molecule has 0 unspecified atom stereocenters. The minimum Gasteiger partial charge on any atom is -0.444 e. The van der Waals surface area contributed by atoms with E-state index in [0.29, 0.717) is 17.6 Å². The molecular formula is C14H19BrN4O3. The number of anilines is 1. The van der Waals surface area contributed by atoms with Crippen LogP contribution in [0.3, 0.4) is 0 Å². The van der Waals surface area contributed by atoms with Crippen molar-refractivity contribution in [3.63, 3.8) is 0 Å². The second-order valence-corrected chi connectivity index (χ2v) is 7.88. The van der Waals surface area contributed by atoms with Gasteiger partial charge in [-0.1, -0.05) is 0 Å². The molecule has 1 aromatic rings. The third-order valence-corrected chi connectivity index (χ3v) is 4.64. The molecule has 0 saturated carbocycles. The molecule has 8 heteroatoms. The minimum absolute atomic E-state index is 0.124. The molecule has 1 N–H and O–H groups in total. The first kappa shape index (κ1) is 15.3. The number of carbonyl (C=O) groups is 1. The number of hydrogen-bond acceptors (Lipinski definition) is 5. The van der Waals surface area contributed by atoms with E-state index in [9.17, 15) is 9.59 Å². The van der Waals surface area contributed by atoms with Crippen molar-refractivity contribution >= 4 is 27.7 Å². The average Bonchev–Trinajstić information content (AvgIpc) is 2.28. The van der Waals surface area contributed by atoms with Crippen LogP contribution in [0.25, 0.3) is 0 Å². The van der Waals surface area contributed by atoms with Gasteiger partial charge in [-0.05, 0) is 36.7 Å². The number of halogens is 1. The lowest BCUT2D eigenvalue weighted by atomic mass is 9.73. The molecule has 2 fully saturated rings. The lowest BCUT2D eigenvalue weighted by Gasteiger charge is -2.60. The first-order valence-electron chi connectivity index (χ1n) is 7.15. The number of aromatic nitrogens is 2. The summed E-state index contributed by atoms with van der Waals surface area (Å²) < 4.78 is 5.86. The monoisotopic (exact) mass is 370 g/mol. The number of aromatic amines is 1. The summed E-state index contributed by atoms with van der Waals surface area (Å²) in [4.78, 5) is 27.3. The van der Waals surface area contributed by atoms with E-state index in [2.05, 4.69) is 31.0 Å². The van der Waals surface area contributed by atoms with E-state index < -0.39 is 5.60 Å². The number of amides is 1. The molecule has 0 bridgehead atoms. The highest BCUT2D eigenvalue weighted by molar-refractivity contribution is 9.10. The van der Waals surface area contributed by atoms with Crippen LogP contribution < -0.4 is 10.5 Å². The highest BCUT2D eigenvalue weighted by Gasteiger charge is 2.54. The average molecular weight is 371 g/mol. The van der Waals surface area contributed by atoms with E-state index in [1.54, 1.807) is 11.1 Å². The zero-order chi connectivity index (χ0) is 16.1. The standard InChI is InChI=1S/C14H19BrN4O3/c1-13(2,3)22-12(21)19-7-14(8-19)5-18(6-14)9-4-16-17-11(20)10(9)15/h4H,5-8H2,1-3H3,(H,17,20). The summed E-state index contributed by atoms with van der Waals surface area (Å²) in [6.07, 6.45) is 1.39. The van der Waals surface area contributed by atoms with Gasteiger partial charge in [0, 0.05) is 31.6 Å². The Morgan fingerprint density at radius 2 is 2.00 bits per heavy atom. The molecular weight excluding hydrogens is 352 g/mol. The smallest absolute Gasteiger partial charge is 0.410 e. The largest absolute Gasteiger partial charge is 0.444 e. The third-order valence-electron chi connectivity index (χ3n) is 3.87. The van der Waals surface area contributed by atoms with Crippen molar-refractivity contribution in [2.45, 2.75) is 26.4 Å². The quantitative estimate of drug-likeness (QED) is 0.811. The molecule has 1 spiro atoms. The molecule has 1 aromatic heterocycles. The first-order valence-corrected chi connectivity index (χ1v) is 7.95. The van der Waals surface area contributed by atoms with E-state index in [4.69, 9.17) is 4.74 Å². The van der Waals surface area contributed by atoms with Gasteiger partial charge in [0.05, 0.1) is 11.9 Å². The summed E-state index contributed by atoms with van der Waals surface area (Å²) in [7, 11) is 0. The molecule has 3 heterocycles. The van der Waals surface area contributed by atoms with E-state index >= 15 is 0 Å². The van der Waals surface area contributed by atoms with Gasteiger partial charge >= 0.3 is 6.09 Å². The van der Waals surface area contributed by atoms with Gasteiger partial charge in [-0.2, -0.15) is 5.10 Å². The van der Waals surface area contributed by atoms with Gasteiger partial charge in [0.15, 0.2) is 0 Å². The molecule has 7 nitrogen and oxygen atoms in total. The Bertz CT molecular complexity index is 653. The van der Waals surface area contributed by atoms with Gasteiger partial charge < -0.3 is 14.5 Å². The molecule has 0 atom stereocenters. The van der Waals surface area contributed by atoms with Crippen LogP contribution in [0, 0.1) is 5.41 Å². The van der Waals surface area contributed by atoms with E-state index in [1.165, 1.54) is 0 Å². The van der Waals surface area contributed by atoms with Crippen LogP contribution in [-0.2, 0) is 4.74 Å². The van der Waals surface area contributed by atoms with E-state index in [0.717, 1.165) is 18.8 Å². The molecule has 2 saturated heterocycles. The predicted molar refractivity (Wildman–Crippen MR) is 85.0 cm³/mol. The summed E-state index contributed by atoms with van der Waals surface area (Å²) >= 11 is 3.29. The van der Waals surface area contributed by atoms with Crippen LogP contribution >= 0.6 is 15.9 Å². The fraction of sp³-hybridized carbons (Fsp3) is 0.643. The summed E-state index contributed by atoms with van der Waals surface area (Å²) in [5.41, 5.74) is 0.221. The van der Waals surface area contributed by atoms with Crippen LogP contribution in [0.1, 0.15) is 20.8 Å². The van der Waals surface area contributed by atoms with Gasteiger partial charge in [-0.3, -0.25) is 4.79 Å². The van der Waals surface area contributed by atoms with Crippen molar-refractivity contribution in [3.8, 4) is 0 Å². The van der Waals surface area contributed by atoms with Crippen LogP contribution in [0.15, 0.2) is 15.5 Å². The number of rotatable bonds is 1. The molecule has 3 rings (SSSR count). The SMILES string of the molecule is CC(C)(C)OC(=O)N1CC2(C1)CN(c1cn[nH]c(=O)c1Br)C2. The van der Waals surface area contributed by atoms with Crippen molar-refractivity contribution in [1.29, 1.82) is 0 Å². The molecule has 1 amide bonds. The fourth-order valence-electron chi connectivity index (χ4n) is 2.95. The van der Waals surface area contributed by atoms with Gasteiger partial charge in [0.2, 0.25) is 0 Å². The fourth-order valence-corrected chi connectivity index (χ4v) is 3.39. The topological polar surface area (TPSA) is 78.5 Å². The Hall–Kier alpha value is -1.57. The first-order chi connectivity index (χ1) is 10.2. The number of carbonyl (C=O) groups excluding carboxylic acids is 1. The van der Waals surface area contributed by atoms with E-state index in [-0.39, 0.29) is 17.1 Å². The number of H-pyrrole nitrogens is 1. The maximum Gasteiger partial charge on any atom is 0.410 e. The zero-order valence-corrected chi connectivity index (χ0v) is 14.4. The Labute approximate surface area is 136 Å². The minimum atomic E-state index is -0.465. The summed E-state index contributed by atoms with van der Waals surface area (Å²) in [5, 5.41) is 6.22. The van der Waals surface area contributed by atoms with Crippen LogP contribution in [0.2, 0.25) is 0 Å². The highest BCUT2D eigenvalue weighted by Crippen LogP contribution is 2.43. The van der Waals surface area contributed by atoms with E-state index in [1.807, 2.05) is 20.8 Å². The van der Waals surface area contributed by atoms with Crippen molar-refractivity contribution < 1.29 is 9.53 Å². The van der Waals surface area contributed by atoms with Crippen molar-refractivity contribution in [1.82, 2.24) is 15.1 Å². The Morgan fingerprint density at radius 3 is 2.59 bits per heavy atom. The van der Waals surface area contributed by atoms with Gasteiger partial charge in [-0.15, -0.1) is 0 Å². The molecule has 2 aliphatic rings. The van der Waals surface area contributed by atoms with Crippen LogP contribution in [0.5, 0.6) is 0 Å². The summed E-state index contributed by atoms with van der Waals surface area (Å²) in [5.74, 6) is 0. The number of ether oxygens (including phenoxy) is 1. The highest BCUT2D eigenvalue weighted by atomic mass is 79.9. The molecule has 0 aliphatic carbocycles. The maximum atomic E-state index is 11.9. The number of nitrogens with one attached hydrogen (secondary N) is 1. The molecule has 120 valence electrons. The van der Waals surface area contributed by atoms with Gasteiger partial charge in [-0.25, -0.2) is 9.89 Å². The second-order valence-electron chi connectivity index (χ2n) is 7.09. The second kappa shape index (κ2) is 4.97. The number of likely N-dealkylation sites (tertiary alicyclic amines) is 1. The lowest BCUT2D eigenvalue weighted by Crippen LogP contribution is -2.73. The summed E-state index contributed by atoms with van der Waals surface area (Å²) in [6, 6.07) is 0. The Kier molecular flexibility index (Phi) is 3.47. The number of hydrogen-bond donors (Lipinski definition) is 1. The van der Waals surface area contributed by atoms with Crippen molar-refractivity contribution in [2.24, 2.45) is 5.41 Å². The summed E-state index contributed by atoms with van der Waals surface area (Å²) in [6.45, 7) is 8.63. The Morgan fingerprint density at radius 1 is 1.36 bits per heavy atom. The predicted octanol–water partition coefficient (Wildman–Crippen LogP) is 1.59. The van der Waals surface area contributed by atoms with Crippen molar-refractivity contribution in [2.75, 3.05) is 31.1 Å². The van der Waals surface area contributed by atoms with Crippen LogP contribution in [-0.4, -0.2) is 53.0 Å². The Balaban J connectivity index is 1.56. The maximum absolute atomic E-state index is 11.9. The number of nitrogens with zero attached hydrogens (tertiary/aromatic N) is 3. The third kappa shape index (κ3) is 2.71. The van der Waals surface area contributed by atoms with Gasteiger partial charge in [0.1, 0.15) is 10.1 Å². The van der Waals surface area contributed by atoms with Crippen LogP contribution in [0.4, 0.5) is 10.5 Å². The van der Waals surface area contributed by atoms with Gasteiger partial charge in [0.25, 0.3) is 5.56 Å². The normalized spacial score (nSPS) is 19.6. The lowest BCUT2D eigenvalue weighted by molar-refractivity contribution is -0.0453. The molecule has 2 aliphatic heterocycles. The molecule has 0 radical (unpaired) electrons.